The Bertz CT molecular complexity index is 607. The molecule has 0 spiro atoms. The molecule has 0 aliphatic carbocycles. The zero-order valence-electron chi connectivity index (χ0n) is 12.6. The average molecular weight is 306 g/mol. The predicted octanol–water partition coefficient (Wildman–Crippen LogP) is 3.28. The molecule has 0 aromatic carbocycles. The van der Waals surface area contributed by atoms with Gasteiger partial charge in [0.15, 0.2) is 0 Å². The fourth-order valence-electron chi connectivity index (χ4n) is 2.54. The van der Waals surface area contributed by atoms with Gasteiger partial charge in [0.1, 0.15) is 10.6 Å². The number of aryl methyl sites for hydroxylation is 1. The van der Waals surface area contributed by atoms with Crippen molar-refractivity contribution in [3.05, 3.63) is 10.9 Å². The van der Waals surface area contributed by atoms with Gasteiger partial charge in [-0.3, -0.25) is 0 Å². The minimum Gasteiger partial charge on any atom is -0.379 e. The Balaban J connectivity index is 1.94. The number of aromatic nitrogens is 2. The number of ether oxygens (including phenoxy) is 1. The fraction of sp³-hybridized carbons (Fsp3) is 0.600. The molecule has 2 N–H and O–H groups in total. The molecule has 3 heterocycles. The number of nitrogens with one attached hydrogen (secondary N) is 2. The van der Waals surface area contributed by atoms with Gasteiger partial charge in [0.05, 0.1) is 18.0 Å². The average Bonchev–Trinajstić information content (AvgIpc) is 2.92. The van der Waals surface area contributed by atoms with Crippen LogP contribution in [0.5, 0.6) is 0 Å². The monoisotopic (exact) mass is 306 g/mol. The van der Waals surface area contributed by atoms with Gasteiger partial charge in [0.2, 0.25) is 5.95 Å². The van der Waals surface area contributed by atoms with E-state index in [1.807, 2.05) is 0 Å². The van der Waals surface area contributed by atoms with E-state index in [0.29, 0.717) is 12.0 Å². The summed E-state index contributed by atoms with van der Waals surface area (Å²) in [6.45, 7) is 6.68. The van der Waals surface area contributed by atoms with E-state index in [1.165, 1.54) is 4.88 Å². The van der Waals surface area contributed by atoms with Crippen LogP contribution in [0.4, 0.5) is 11.8 Å². The van der Waals surface area contributed by atoms with Crippen LogP contribution in [-0.2, 0) is 11.2 Å². The van der Waals surface area contributed by atoms with E-state index >= 15 is 0 Å². The Morgan fingerprint density at radius 1 is 1.38 bits per heavy atom. The third-order valence-electron chi connectivity index (χ3n) is 3.63. The summed E-state index contributed by atoms with van der Waals surface area (Å²) in [5.74, 6) is 1.64. The van der Waals surface area contributed by atoms with Crippen LogP contribution in [0.3, 0.4) is 0 Å². The zero-order valence-corrected chi connectivity index (χ0v) is 13.4. The van der Waals surface area contributed by atoms with Crippen molar-refractivity contribution in [3.63, 3.8) is 0 Å². The third-order valence-corrected chi connectivity index (χ3v) is 4.80. The first-order chi connectivity index (χ1) is 10.3. The molecule has 2 aromatic rings. The van der Waals surface area contributed by atoms with E-state index in [-0.39, 0.29) is 0 Å². The minimum atomic E-state index is 0.344. The fourth-order valence-corrected chi connectivity index (χ4v) is 3.51. The number of anilines is 2. The van der Waals surface area contributed by atoms with Gasteiger partial charge >= 0.3 is 0 Å². The summed E-state index contributed by atoms with van der Waals surface area (Å²) in [6, 6.07) is 2.55. The van der Waals surface area contributed by atoms with Crippen LogP contribution >= 0.6 is 11.3 Å². The Kier molecular flexibility index (Phi) is 4.55. The number of hydrogen-bond acceptors (Lipinski definition) is 6. The summed E-state index contributed by atoms with van der Waals surface area (Å²) < 4.78 is 5.55. The Labute approximate surface area is 129 Å². The molecule has 0 saturated carbocycles. The van der Waals surface area contributed by atoms with Gasteiger partial charge in [-0.05, 0) is 32.3 Å². The van der Waals surface area contributed by atoms with E-state index in [9.17, 15) is 0 Å². The lowest BCUT2D eigenvalue weighted by Gasteiger charge is -2.24. The van der Waals surface area contributed by atoms with Gasteiger partial charge < -0.3 is 15.4 Å². The minimum absolute atomic E-state index is 0.344. The van der Waals surface area contributed by atoms with Crippen molar-refractivity contribution >= 4 is 33.3 Å². The second-order valence-corrected chi connectivity index (χ2v) is 6.38. The molecule has 5 nitrogen and oxygen atoms in total. The van der Waals surface area contributed by atoms with Gasteiger partial charge in [-0.2, -0.15) is 4.98 Å². The van der Waals surface area contributed by atoms with E-state index < -0.39 is 0 Å². The van der Waals surface area contributed by atoms with Gasteiger partial charge in [0, 0.05) is 18.0 Å². The molecule has 1 aliphatic rings. The summed E-state index contributed by atoms with van der Waals surface area (Å²) in [5.41, 5.74) is 0. The van der Waals surface area contributed by atoms with Crippen LogP contribution in [0.2, 0.25) is 0 Å². The lowest BCUT2D eigenvalue weighted by atomic mass is 10.1. The first kappa shape index (κ1) is 14.5. The lowest BCUT2D eigenvalue weighted by Crippen LogP contribution is -2.30. The second kappa shape index (κ2) is 6.58. The Morgan fingerprint density at radius 3 is 3.00 bits per heavy atom. The van der Waals surface area contributed by atoms with Crippen molar-refractivity contribution in [3.8, 4) is 0 Å². The molecule has 114 valence electrons. The van der Waals surface area contributed by atoms with Crippen LogP contribution < -0.4 is 10.6 Å². The molecule has 0 amide bonds. The summed E-state index contributed by atoms with van der Waals surface area (Å²) in [4.78, 5) is 11.7. The van der Waals surface area contributed by atoms with Crippen LogP contribution in [0.15, 0.2) is 6.07 Å². The third kappa shape index (κ3) is 3.27. The van der Waals surface area contributed by atoms with Gasteiger partial charge in [-0.25, -0.2) is 4.98 Å². The van der Waals surface area contributed by atoms with E-state index in [0.717, 1.165) is 55.1 Å². The molecule has 0 bridgehead atoms. The lowest BCUT2D eigenvalue weighted by molar-refractivity contribution is 0.0875. The number of fused-ring (bicyclic) bond motifs is 1. The highest BCUT2D eigenvalue weighted by atomic mass is 32.1. The molecule has 1 aliphatic heterocycles. The smallest absolute Gasteiger partial charge is 0.226 e. The summed E-state index contributed by atoms with van der Waals surface area (Å²) in [7, 11) is 0. The molecule has 2 aromatic heterocycles. The van der Waals surface area contributed by atoms with Crippen molar-refractivity contribution in [2.75, 3.05) is 30.4 Å². The molecule has 3 rings (SSSR count). The summed E-state index contributed by atoms with van der Waals surface area (Å²) >= 11 is 1.75. The topological polar surface area (TPSA) is 59.1 Å². The molecule has 6 heteroatoms. The van der Waals surface area contributed by atoms with E-state index in [1.54, 1.807) is 11.3 Å². The zero-order chi connectivity index (χ0) is 14.7. The van der Waals surface area contributed by atoms with Crippen LogP contribution in [0.25, 0.3) is 10.2 Å². The Morgan fingerprint density at radius 2 is 2.29 bits per heavy atom. The highest BCUT2D eigenvalue weighted by Crippen LogP contribution is 2.31. The Hall–Kier alpha value is -1.40. The maximum absolute atomic E-state index is 5.55. The van der Waals surface area contributed by atoms with Crippen molar-refractivity contribution in [1.29, 1.82) is 0 Å². The normalized spacial score (nSPS) is 18.9. The largest absolute Gasteiger partial charge is 0.379 e. The van der Waals surface area contributed by atoms with Gasteiger partial charge in [0.25, 0.3) is 0 Å². The molecule has 1 fully saturated rings. The van der Waals surface area contributed by atoms with Crippen molar-refractivity contribution in [2.24, 2.45) is 0 Å². The molecule has 1 unspecified atom stereocenters. The number of thiophene rings is 1. The molecule has 0 radical (unpaired) electrons. The van der Waals surface area contributed by atoms with Crippen molar-refractivity contribution < 1.29 is 4.74 Å². The first-order valence-electron chi connectivity index (χ1n) is 7.68. The molecule has 21 heavy (non-hydrogen) atoms. The summed E-state index contributed by atoms with van der Waals surface area (Å²) in [6.07, 6.45) is 3.27. The first-order valence-corrected chi connectivity index (χ1v) is 8.50. The highest BCUT2D eigenvalue weighted by molar-refractivity contribution is 7.18. The van der Waals surface area contributed by atoms with Gasteiger partial charge in [-0.1, -0.05) is 6.92 Å². The van der Waals surface area contributed by atoms with Crippen LogP contribution in [-0.4, -0.2) is 35.8 Å². The number of hydrogen-bond donors (Lipinski definition) is 2. The maximum Gasteiger partial charge on any atom is 0.226 e. The standard InChI is InChI=1S/C15H22N4OS/c1-3-11-8-12-13(17-10-6-5-7-20-9-10)18-15(16-4-2)19-14(12)21-11/h8,10H,3-7,9H2,1-2H3,(H2,16,17,18,19). The molecule has 1 saturated heterocycles. The van der Waals surface area contributed by atoms with Crippen molar-refractivity contribution in [2.45, 2.75) is 39.2 Å². The van der Waals surface area contributed by atoms with Crippen molar-refractivity contribution in [1.82, 2.24) is 9.97 Å². The van der Waals surface area contributed by atoms with Gasteiger partial charge in [-0.15, -0.1) is 11.3 Å². The molecular formula is C15H22N4OS. The predicted molar refractivity (Wildman–Crippen MR) is 88.4 cm³/mol. The number of rotatable bonds is 5. The van der Waals surface area contributed by atoms with Crippen LogP contribution in [0.1, 0.15) is 31.6 Å². The van der Waals surface area contributed by atoms with Crippen LogP contribution in [0, 0.1) is 0 Å². The molecular weight excluding hydrogens is 284 g/mol. The molecule has 1 atom stereocenters. The SMILES string of the molecule is CCNc1nc(NC2CCCOC2)c2cc(CC)sc2n1. The summed E-state index contributed by atoms with van der Waals surface area (Å²) in [5, 5.41) is 7.90. The number of nitrogens with zero attached hydrogens (tertiary/aromatic N) is 2. The van der Waals surface area contributed by atoms with E-state index in [4.69, 9.17) is 4.74 Å². The highest BCUT2D eigenvalue weighted by Gasteiger charge is 2.17. The second-order valence-electron chi connectivity index (χ2n) is 5.27. The quantitative estimate of drug-likeness (QED) is 0.888. The van der Waals surface area contributed by atoms with E-state index in [2.05, 4.69) is 40.5 Å². The maximum atomic E-state index is 5.55.